The molecular formula is C17H13ClN2O2. The van der Waals surface area contributed by atoms with Crippen LogP contribution in [-0.4, -0.2) is 15.9 Å². The lowest BCUT2D eigenvalue weighted by Gasteiger charge is -2.07. The maximum atomic E-state index is 12.1. The molecular weight excluding hydrogens is 300 g/mol. The van der Waals surface area contributed by atoms with Crippen molar-refractivity contribution in [3.8, 4) is 5.75 Å². The summed E-state index contributed by atoms with van der Waals surface area (Å²) in [4.78, 5) is 21.0. The van der Waals surface area contributed by atoms with Crippen molar-refractivity contribution in [1.82, 2.24) is 9.97 Å². The van der Waals surface area contributed by atoms with Gasteiger partial charge in [-0.05, 0) is 44.2 Å². The second-order valence-electron chi connectivity index (χ2n) is 4.94. The summed E-state index contributed by atoms with van der Waals surface area (Å²) in [5.74, 6) is -0.0336. The number of hydrogen-bond donors (Lipinski definition) is 0. The number of carbonyl (C=O) groups is 1. The third-order valence-corrected chi connectivity index (χ3v) is 3.55. The van der Waals surface area contributed by atoms with Crippen molar-refractivity contribution in [2.75, 3.05) is 0 Å². The third kappa shape index (κ3) is 2.92. The molecule has 0 aliphatic heterocycles. The summed E-state index contributed by atoms with van der Waals surface area (Å²) in [5.41, 5.74) is 3.60. The summed E-state index contributed by atoms with van der Waals surface area (Å²) in [6, 6.07) is 11.8. The molecule has 0 saturated carbocycles. The third-order valence-electron chi connectivity index (χ3n) is 3.32. The predicted octanol–water partition coefficient (Wildman–Crippen LogP) is 4.12. The Hall–Kier alpha value is -2.46. The lowest BCUT2D eigenvalue weighted by molar-refractivity contribution is 0.0735. The average Bonchev–Trinajstić information content (AvgIpc) is 2.49. The number of esters is 1. The summed E-state index contributed by atoms with van der Waals surface area (Å²) in [6.07, 6.45) is 0. The molecule has 0 spiro atoms. The molecule has 22 heavy (non-hydrogen) atoms. The van der Waals surface area contributed by atoms with Crippen LogP contribution in [0.5, 0.6) is 5.75 Å². The Morgan fingerprint density at radius 2 is 1.73 bits per heavy atom. The van der Waals surface area contributed by atoms with Gasteiger partial charge in [0.2, 0.25) is 0 Å². The summed E-state index contributed by atoms with van der Waals surface area (Å²) in [7, 11) is 0. The molecule has 1 aromatic heterocycles. The minimum absolute atomic E-state index is 0.402. The zero-order chi connectivity index (χ0) is 15.7. The SMILES string of the molecule is Cc1nc2ccc(OC(=O)c3cccc(Cl)c3)cc2nc1C. The molecule has 0 N–H and O–H groups in total. The van der Waals surface area contributed by atoms with Crippen LogP contribution in [0.25, 0.3) is 11.0 Å². The molecule has 4 nitrogen and oxygen atoms in total. The van der Waals surface area contributed by atoms with Crippen LogP contribution >= 0.6 is 11.6 Å². The molecule has 2 aromatic carbocycles. The molecule has 110 valence electrons. The van der Waals surface area contributed by atoms with E-state index in [9.17, 15) is 4.79 Å². The molecule has 0 bridgehead atoms. The van der Waals surface area contributed by atoms with Crippen LogP contribution in [0.1, 0.15) is 21.7 Å². The largest absolute Gasteiger partial charge is 0.423 e. The summed E-state index contributed by atoms with van der Waals surface area (Å²) in [5, 5.41) is 0.491. The second kappa shape index (κ2) is 5.73. The van der Waals surface area contributed by atoms with Gasteiger partial charge in [0.15, 0.2) is 0 Å². The van der Waals surface area contributed by atoms with E-state index in [2.05, 4.69) is 9.97 Å². The minimum Gasteiger partial charge on any atom is -0.423 e. The lowest BCUT2D eigenvalue weighted by atomic mass is 10.2. The van der Waals surface area contributed by atoms with E-state index >= 15 is 0 Å². The van der Waals surface area contributed by atoms with Gasteiger partial charge in [-0.15, -0.1) is 0 Å². The second-order valence-corrected chi connectivity index (χ2v) is 5.38. The summed E-state index contributed by atoms with van der Waals surface area (Å²) in [6.45, 7) is 3.81. The van der Waals surface area contributed by atoms with Gasteiger partial charge < -0.3 is 4.74 Å². The van der Waals surface area contributed by atoms with Crippen LogP contribution in [0.2, 0.25) is 5.02 Å². The highest BCUT2D eigenvalue weighted by Crippen LogP contribution is 2.21. The summed E-state index contributed by atoms with van der Waals surface area (Å²) >= 11 is 5.88. The molecule has 0 aliphatic carbocycles. The fraction of sp³-hybridized carbons (Fsp3) is 0.118. The van der Waals surface area contributed by atoms with E-state index in [1.807, 2.05) is 13.8 Å². The van der Waals surface area contributed by atoms with E-state index in [0.29, 0.717) is 21.9 Å². The van der Waals surface area contributed by atoms with E-state index in [1.165, 1.54) is 0 Å². The maximum Gasteiger partial charge on any atom is 0.343 e. The minimum atomic E-state index is -0.460. The van der Waals surface area contributed by atoms with E-state index in [-0.39, 0.29) is 0 Å². The first-order chi connectivity index (χ1) is 10.5. The molecule has 3 rings (SSSR count). The van der Waals surface area contributed by atoms with E-state index in [1.54, 1.807) is 42.5 Å². The Kier molecular flexibility index (Phi) is 3.77. The number of nitrogens with zero attached hydrogens (tertiary/aromatic N) is 2. The first kappa shape index (κ1) is 14.5. The fourth-order valence-corrected chi connectivity index (χ4v) is 2.25. The zero-order valence-corrected chi connectivity index (χ0v) is 12.9. The van der Waals surface area contributed by atoms with E-state index < -0.39 is 5.97 Å². The molecule has 0 aliphatic rings. The number of carbonyl (C=O) groups excluding carboxylic acids is 1. The first-order valence-electron chi connectivity index (χ1n) is 6.76. The molecule has 0 radical (unpaired) electrons. The van der Waals surface area contributed by atoms with Crippen LogP contribution in [0, 0.1) is 13.8 Å². The Morgan fingerprint density at radius 1 is 1.00 bits per heavy atom. The number of rotatable bonds is 2. The van der Waals surface area contributed by atoms with Crippen molar-refractivity contribution in [3.05, 3.63) is 64.4 Å². The molecule has 1 heterocycles. The highest BCUT2D eigenvalue weighted by Gasteiger charge is 2.10. The quantitative estimate of drug-likeness (QED) is 0.527. The molecule has 3 aromatic rings. The molecule has 5 heteroatoms. The number of benzene rings is 2. The number of aryl methyl sites for hydroxylation is 2. The number of aromatic nitrogens is 2. The topological polar surface area (TPSA) is 52.1 Å². The van der Waals surface area contributed by atoms with Crippen LogP contribution < -0.4 is 4.74 Å². The van der Waals surface area contributed by atoms with Crippen molar-refractivity contribution >= 4 is 28.6 Å². The van der Waals surface area contributed by atoms with Crippen molar-refractivity contribution in [1.29, 1.82) is 0 Å². The molecule has 0 saturated heterocycles. The van der Waals surface area contributed by atoms with Gasteiger partial charge in [0.1, 0.15) is 5.75 Å². The molecule has 0 amide bonds. The van der Waals surface area contributed by atoms with Gasteiger partial charge in [0.25, 0.3) is 0 Å². The van der Waals surface area contributed by atoms with Gasteiger partial charge >= 0.3 is 5.97 Å². The smallest absolute Gasteiger partial charge is 0.343 e. The lowest BCUT2D eigenvalue weighted by Crippen LogP contribution is -2.08. The molecule has 0 fully saturated rings. The average molecular weight is 313 g/mol. The van der Waals surface area contributed by atoms with E-state index in [0.717, 1.165) is 16.9 Å². The van der Waals surface area contributed by atoms with Gasteiger partial charge in [0, 0.05) is 11.1 Å². The van der Waals surface area contributed by atoms with Crippen molar-refractivity contribution < 1.29 is 9.53 Å². The Labute approximate surface area is 132 Å². The van der Waals surface area contributed by atoms with Gasteiger partial charge in [-0.3, -0.25) is 0 Å². The van der Waals surface area contributed by atoms with Gasteiger partial charge in [-0.1, -0.05) is 17.7 Å². The fourth-order valence-electron chi connectivity index (χ4n) is 2.06. The normalized spacial score (nSPS) is 10.7. The number of halogens is 1. The van der Waals surface area contributed by atoms with Crippen molar-refractivity contribution in [2.24, 2.45) is 0 Å². The molecule has 0 atom stereocenters. The number of hydrogen-bond acceptors (Lipinski definition) is 4. The number of fused-ring (bicyclic) bond motifs is 1. The highest BCUT2D eigenvalue weighted by atomic mass is 35.5. The monoisotopic (exact) mass is 312 g/mol. The summed E-state index contributed by atoms with van der Waals surface area (Å²) < 4.78 is 5.37. The van der Waals surface area contributed by atoms with Gasteiger partial charge in [-0.2, -0.15) is 0 Å². The zero-order valence-electron chi connectivity index (χ0n) is 12.1. The van der Waals surface area contributed by atoms with Crippen molar-refractivity contribution in [2.45, 2.75) is 13.8 Å². The van der Waals surface area contributed by atoms with Crippen LogP contribution in [0.15, 0.2) is 42.5 Å². The Balaban J connectivity index is 1.90. The van der Waals surface area contributed by atoms with Crippen LogP contribution in [0.4, 0.5) is 0 Å². The number of ether oxygens (including phenoxy) is 1. The van der Waals surface area contributed by atoms with Gasteiger partial charge in [-0.25, -0.2) is 14.8 Å². The van der Waals surface area contributed by atoms with E-state index in [4.69, 9.17) is 16.3 Å². The highest BCUT2D eigenvalue weighted by molar-refractivity contribution is 6.30. The Bertz CT molecular complexity index is 878. The standard InChI is InChI=1S/C17H13ClN2O2/c1-10-11(2)20-16-9-14(6-7-15(16)19-10)22-17(21)12-4-3-5-13(18)8-12/h3-9H,1-2H3. The molecule has 0 unspecified atom stereocenters. The first-order valence-corrected chi connectivity index (χ1v) is 7.13. The van der Waals surface area contributed by atoms with Crippen molar-refractivity contribution in [3.63, 3.8) is 0 Å². The van der Waals surface area contributed by atoms with Crippen LogP contribution in [-0.2, 0) is 0 Å². The predicted molar refractivity (Wildman–Crippen MR) is 85.4 cm³/mol. The Morgan fingerprint density at radius 3 is 2.45 bits per heavy atom. The van der Waals surface area contributed by atoms with Gasteiger partial charge in [0.05, 0.1) is 28.0 Å². The maximum absolute atomic E-state index is 12.1. The van der Waals surface area contributed by atoms with Crippen LogP contribution in [0.3, 0.4) is 0 Å².